The zero-order valence-electron chi connectivity index (χ0n) is 14.2. The van der Waals surface area contributed by atoms with Crippen LogP contribution in [0.5, 0.6) is 0 Å². The fourth-order valence-corrected chi connectivity index (χ4v) is 4.46. The van der Waals surface area contributed by atoms with E-state index in [4.69, 9.17) is 6.42 Å². The van der Waals surface area contributed by atoms with E-state index in [1.165, 1.54) is 16.7 Å². The summed E-state index contributed by atoms with van der Waals surface area (Å²) in [6.45, 7) is 1.62. The van der Waals surface area contributed by atoms with Crippen molar-refractivity contribution in [3.8, 4) is 23.6 Å². The van der Waals surface area contributed by atoms with Gasteiger partial charge in [0.05, 0.1) is 17.1 Å². The highest BCUT2D eigenvalue weighted by atomic mass is 32.2. The molecule has 0 saturated carbocycles. The lowest BCUT2D eigenvalue weighted by molar-refractivity contribution is 0.592. The Bertz CT molecular complexity index is 1140. The summed E-state index contributed by atoms with van der Waals surface area (Å²) >= 11 is 0. The largest absolute Gasteiger partial charge is 0.295 e. The van der Waals surface area contributed by atoms with Gasteiger partial charge in [-0.2, -0.15) is 0 Å². The number of aromatic nitrogens is 1. The average Bonchev–Trinajstić information content (AvgIpc) is 2.65. The molecule has 0 unspecified atom stereocenters. The van der Waals surface area contributed by atoms with Gasteiger partial charge in [0.15, 0.2) is 0 Å². The molecule has 3 rings (SSSR count). The smallest absolute Gasteiger partial charge is 0.271 e. The van der Waals surface area contributed by atoms with Crippen molar-refractivity contribution in [1.82, 2.24) is 4.57 Å². The van der Waals surface area contributed by atoms with E-state index in [-0.39, 0.29) is 16.3 Å². The van der Waals surface area contributed by atoms with Crippen LogP contribution in [0.3, 0.4) is 0 Å². The van der Waals surface area contributed by atoms with Gasteiger partial charge in [0, 0.05) is 0 Å². The Kier molecular flexibility index (Phi) is 4.79. The van der Waals surface area contributed by atoms with E-state index in [9.17, 15) is 13.2 Å². The van der Waals surface area contributed by atoms with Gasteiger partial charge in [0.25, 0.3) is 5.56 Å². The van der Waals surface area contributed by atoms with Gasteiger partial charge in [-0.15, -0.1) is 6.42 Å². The van der Waals surface area contributed by atoms with Gasteiger partial charge in [-0.05, 0) is 36.2 Å². The number of terminal acetylenes is 1. The molecule has 0 amide bonds. The molecular formula is C21H17NO3S. The Hall–Kier alpha value is -3.10. The summed E-state index contributed by atoms with van der Waals surface area (Å²) in [5.41, 5.74) is 1.18. The van der Waals surface area contributed by atoms with E-state index in [1.54, 1.807) is 31.2 Å². The Labute approximate surface area is 152 Å². The van der Waals surface area contributed by atoms with Gasteiger partial charge in [-0.1, -0.05) is 54.5 Å². The molecule has 2 aromatic carbocycles. The van der Waals surface area contributed by atoms with E-state index in [0.717, 1.165) is 5.56 Å². The normalized spacial score (nSPS) is 11.1. The predicted octanol–water partition coefficient (Wildman–Crippen LogP) is 3.29. The minimum atomic E-state index is -3.94. The SMILES string of the molecule is C#CCn1c(-c2ccccc2)cc(C)c(S(=O)(=O)c2ccccc2)c1=O. The van der Waals surface area contributed by atoms with Crippen LogP contribution < -0.4 is 5.56 Å². The van der Waals surface area contributed by atoms with Crippen LogP contribution in [0.1, 0.15) is 5.56 Å². The first kappa shape index (κ1) is 17.7. The number of nitrogens with zero attached hydrogens (tertiary/aromatic N) is 1. The second-order valence-corrected chi connectivity index (χ2v) is 7.71. The molecule has 4 nitrogen and oxygen atoms in total. The zero-order chi connectivity index (χ0) is 18.7. The van der Waals surface area contributed by atoms with E-state index >= 15 is 0 Å². The fourth-order valence-electron chi connectivity index (χ4n) is 2.89. The van der Waals surface area contributed by atoms with Crippen molar-refractivity contribution in [3.05, 3.63) is 82.6 Å². The molecule has 0 N–H and O–H groups in total. The minimum absolute atomic E-state index is 0.0132. The summed E-state index contributed by atoms with van der Waals surface area (Å²) in [4.78, 5) is 12.9. The Morgan fingerprint density at radius 3 is 2.15 bits per heavy atom. The van der Waals surface area contributed by atoms with Crippen molar-refractivity contribution >= 4 is 9.84 Å². The highest BCUT2D eigenvalue weighted by Gasteiger charge is 2.26. The lowest BCUT2D eigenvalue weighted by Gasteiger charge is -2.15. The highest BCUT2D eigenvalue weighted by molar-refractivity contribution is 7.91. The molecule has 0 saturated heterocycles. The summed E-state index contributed by atoms with van der Waals surface area (Å²) in [6.07, 6.45) is 5.43. The molecule has 3 aromatic rings. The molecule has 0 atom stereocenters. The van der Waals surface area contributed by atoms with Crippen LogP contribution in [0, 0.1) is 19.3 Å². The molecule has 0 aliphatic rings. The summed E-state index contributed by atoms with van der Waals surface area (Å²) < 4.78 is 27.4. The van der Waals surface area contributed by atoms with Gasteiger partial charge in [0.1, 0.15) is 4.90 Å². The third-order valence-electron chi connectivity index (χ3n) is 4.08. The molecule has 26 heavy (non-hydrogen) atoms. The monoisotopic (exact) mass is 363 g/mol. The lowest BCUT2D eigenvalue weighted by atomic mass is 10.1. The van der Waals surface area contributed by atoms with E-state index < -0.39 is 15.4 Å². The van der Waals surface area contributed by atoms with Crippen LogP contribution in [-0.4, -0.2) is 13.0 Å². The Balaban J connectivity index is 2.32. The quantitative estimate of drug-likeness (QED) is 0.669. The summed E-state index contributed by atoms with van der Waals surface area (Å²) in [5, 5.41) is 0. The maximum Gasteiger partial charge on any atom is 0.271 e. The number of aryl methyl sites for hydroxylation is 1. The second kappa shape index (κ2) is 7.03. The van der Waals surface area contributed by atoms with Gasteiger partial charge in [-0.25, -0.2) is 8.42 Å². The standard InChI is InChI=1S/C21H17NO3S/c1-3-14-22-19(17-10-6-4-7-11-17)15-16(2)20(21(22)23)26(24,25)18-12-8-5-9-13-18/h1,4-13,15H,14H2,2H3. The van der Waals surface area contributed by atoms with Gasteiger partial charge in [0.2, 0.25) is 9.84 Å². The third-order valence-corrected chi connectivity index (χ3v) is 6.01. The summed E-state index contributed by atoms with van der Waals surface area (Å²) in [6, 6.07) is 18.9. The van der Waals surface area contributed by atoms with Crippen molar-refractivity contribution in [2.45, 2.75) is 23.3 Å². The first-order chi connectivity index (χ1) is 12.5. The Morgan fingerprint density at radius 2 is 1.58 bits per heavy atom. The van der Waals surface area contributed by atoms with Gasteiger partial charge in [-0.3, -0.25) is 9.36 Å². The first-order valence-electron chi connectivity index (χ1n) is 8.00. The van der Waals surface area contributed by atoms with E-state index in [2.05, 4.69) is 5.92 Å². The van der Waals surface area contributed by atoms with Crippen LogP contribution in [0.25, 0.3) is 11.3 Å². The van der Waals surface area contributed by atoms with Crippen molar-refractivity contribution in [2.75, 3.05) is 0 Å². The molecule has 5 heteroatoms. The zero-order valence-corrected chi connectivity index (χ0v) is 15.0. The van der Waals surface area contributed by atoms with Gasteiger partial charge < -0.3 is 0 Å². The molecule has 0 fully saturated rings. The molecule has 130 valence electrons. The Morgan fingerprint density at radius 1 is 1.00 bits per heavy atom. The number of rotatable bonds is 4. The number of hydrogen-bond acceptors (Lipinski definition) is 3. The van der Waals surface area contributed by atoms with Crippen LogP contribution in [-0.2, 0) is 16.4 Å². The first-order valence-corrected chi connectivity index (χ1v) is 9.48. The fraction of sp³-hybridized carbons (Fsp3) is 0.0952. The lowest BCUT2D eigenvalue weighted by Crippen LogP contribution is -2.28. The molecule has 0 spiro atoms. The molecular weight excluding hydrogens is 346 g/mol. The van der Waals surface area contributed by atoms with E-state index in [1.807, 2.05) is 30.3 Å². The second-order valence-electron chi connectivity index (χ2n) is 5.82. The van der Waals surface area contributed by atoms with Gasteiger partial charge >= 0.3 is 0 Å². The molecule has 1 heterocycles. The number of hydrogen-bond donors (Lipinski definition) is 0. The van der Waals surface area contributed by atoms with Crippen molar-refractivity contribution in [2.24, 2.45) is 0 Å². The predicted molar refractivity (Wildman–Crippen MR) is 102 cm³/mol. The molecule has 0 aliphatic heterocycles. The van der Waals surface area contributed by atoms with Crippen LogP contribution >= 0.6 is 0 Å². The van der Waals surface area contributed by atoms with Crippen LogP contribution in [0.15, 0.2) is 81.3 Å². The third kappa shape index (κ3) is 3.07. The maximum atomic E-state index is 13.1. The maximum absolute atomic E-state index is 13.1. The number of pyridine rings is 1. The van der Waals surface area contributed by atoms with Crippen LogP contribution in [0.4, 0.5) is 0 Å². The number of sulfone groups is 1. The van der Waals surface area contributed by atoms with E-state index in [0.29, 0.717) is 11.3 Å². The molecule has 1 aromatic heterocycles. The number of benzene rings is 2. The van der Waals surface area contributed by atoms with Crippen molar-refractivity contribution in [3.63, 3.8) is 0 Å². The molecule has 0 bridgehead atoms. The summed E-state index contributed by atoms with van der Waals surface area (Å²) in [5.74, 6) is 2.44. The molecule has 0 aliphatic carbocycles. The topological polar surface area (TPSA) is 56.1 Å². The molecule has 0 radical (unpaired) electrons. The van der Waals surface area contributed by atoms with Crippen molar-refractivity contribution < 1.29 is 8.42 Å². The highest BCUT2D eigenvalue weighted by Crippen LogP contribution is 2.25. The average molecular weight is 363 g/mol. The van der Waals surface area contributed by atoms with Crippen LogP contribution in [0.2, 0.25) is 0 Å². The summed E-state index contributed by atoms with van der Waals surface area (Å²) in [7, 11) is -3.94. The van der Waals surface area contributed by atoms with Crippen molar-refractivity contribution in [1.29, 1.82) is 0 Å². The minimum Gasteiger partial charge on any atom is -0.295 e.